The summed E-state index contributed by atoms with van der Waals surface area (Å²) in [6.45, 7) is 5.37. The molecule has 0 aromatic heterocycles. The molecule has 0 bridgehead atoms. The summed E-state index contributed by atoms with van der Waals surface area (Å²) in [5, 5.41) is 11.2. The predicted molar refractivity (Wildman–Crippen MR) is 80.7 cm³/mol. The molecule has 0 amide bonds. The fourth-order valence-electron chi connectivity index (χ4n) is 3.29. The SMILES string of the molecule is O=[N+]([O-])c1ccccc1N1CCCC1CN1CCOCC1. The van der Waals surface area contributed by atoms with Crippen molar-refractivity contribution in [2.45, 2.75) is 18.9 Å². The maximum absolute atomic E-state index is 11.2. The number of nitrogens with zero attached hydrogens (tertiary/aromatic N) is 3. The van der Waals surface area contributed by atoms with Crippen LogP contribution in [0.2, 0.25) is 0 Å². The van der Waals surface area contributed by atoms with E-state index in [2.05, 4.69) is 9.80 Å². The van der Waals surface area contributed by atoms with Gasteiger partial charge in [-0.3, -0.25) is 15.0 Å². The normalized spacial score (nSPS) is 23.4. The zero-order valence-corrected chi connectivity index (χ0v) is 12.1. The van der Waals surface area contributed by atoms with Crippen LogP contribution in [0.25, 0.3) is 0 Å². The number of hydrogen-bond acceptors (Lipinski definition) is 5. The van der Waals surface area contributed by atoms with E-state index in [1.165, 1.54) is 0 Å². The lowest BCUT2D eigenvalue weighted by atomic mass is 10.1. The molecule has 0 N–H and O–H groups in total. The summed E-state index contributed by atoms with van der Waals surface area (Å²) in [6, 6.07) is 7.44. The quantitative estimate of drug-likeness (QED) is 0.626. The largest absolute Gasteiger partial charge is 0.379 e. The second kappa shape index (κ2) is 6.41. The van der Waals surface area contributed by atoms with Crippen LogP contribution in [0, 0.1) is 10.1 Å². The summed E-state index contributed by atoms with van der Waals surface area (Å²) in [6.07, 6.45) is 2.20. The summed E-state index contributed by atoms with van der Waals surface area (Å²) in [5.41, 5.74) is 0.977. The maximum atomic E-state index is 11.2. The molecule has 1 aromatic carbocycles. The Hall–Kier alpha value is -1.66. The van der Waals surface area contributed by atoms with Gasteiger partial charge in [0.15, 0.2) is 0 Å². The van der Waals surface area contributed by atoms with Gasteiger partial charge < -0.3 is 9.64 Å². The first-order valence-electron chi connectivity index (χ1n) is 7.56. The van der Waals surface area contributed by atoms with Crippen LogP contribution in [-0.4, -0.2) is 55.3 Å². The van der Waals surface area contributed by atoms with Crippen LogP contribution in [0.4, 0.5) is 11.4 Å². The minimum absolute atomic E-state index is 0.214. The highest BCUT2D eigenvalue weighted by molar-refractivity contribution is 5.64. The summed E-state index contributed by atoms with van der Waals surface area (Å²) < 4.78 is 5.38. The number of anilines is 1. The van der Waals surface area contributed by atoms with Crippen LogP contribution in [0.5, 0.6) is 0 Å². The highest BCUT2D eigenvalue weighted by Crippen LogP contribution is 2.33. The summed E-state index contributed by atoms with van der Waals surface area (Å²) in [7, 11) is 0. The Balaban J connectivity index is 1.76. The third-order valence-corrected chi connectivity index (χ3v) is 4.34. The number of nitro groups is 1. The molecule has 1 unspecified atom stereocenters. The van der Waals surface area contributed by atoms with E-state index in [9.17, 15) is 10.1 Å². The summed E-state index contributed by atoms with van der Waals surface area (Å²) in [4.78, 5) is 15.6. The van der Waals surface area contributed by atoms with E-state index in [1.54, 1.807) is 12.1 Å². The Kier molecular flexibility index (Phi) is 4.36. The molecule has 0 saturated carbocycles. The van der Waals surface area contributed by atoms with Crippen molar-refractivity contribution in [1.29, 1.82) is 0 Å². The maximum Gasteiger partial charge on any atom is 0.292 e. The Morgan fingerprint density at radius 1 is 1.24 bits per heavy atom. The number of benzene rings is 1. The van der Waals surface area contributed by atoms with Crippen molar-refractivity contribution in [1.82, 2.24) is 4.90 Å². The molecular weight excluding hydrogens is 270 g/mol. The topological polar surface area (TPSA) is 58.9 Å². The second-order valence-corrected chi connectivity index (χ2v) is 5.65. The molecule has 6 nitrogen and oxygen atoms in total. The van der Waals surface area contributed by atoms with Gasteiger partial charge in [0.25, 0.3) is 5.69 Å². The van der Waals surface area contributed by atoms with E-state index in [1.807, 2.05) is 12.1 Å². The van der Waals surface area contributed by atoms with Crippen LogP contribution in [0.1, 0.15) is 12.8 Å². The van der Waals surface area contributed by atoms with Gasteiger partial charge in [-0.25, -0.2) is 0 Å². The molecule has 0 spiro atoms. The molecule has 21 heavy (non-hydrogen) atoms. The molecular formula is C15H21N3O3. The smallest absolute Gasteiger partial charge is 0.292 e. The van der Waals surface area contributed by atoms with Gasteiger partial charge in [0.05, 0.1) is 18.1 Å². The first-order chi connectivity index (χ1) is 10.3. The minimum Gasteiger partial charge on any atom is -0.379 e. The van der Waals surface area contributed by atoms with Gasteiger partial charge in [0.2, 0.25) is 0 Å². The van der Waals surface area contributed by atoms with Crippen LogP contribution in [0.15, 0.2) is 24.3 Å². The van der Waals surface area contributed by atoms with E-state index in [0.29, 0.717) is 6.04 Å². The van der Waals surface area contributed by atoms with Crippen molar-refractivity contribution in [3.05, 3.63) is 34.4 Å². The Morgan fingerprint density at radius 3 is 2.76 bits per heavy atom. The fraction of sp³-hybridized carbons (Fsp3) is 0.600. The average molecular weight is 291 g/mol. The van der Waals surface area contributed by atoms with Crippen LogP contribution in [-0.2, 0) is 4.74 Å². The van der Waals surface area contributed by atoms with Crippen molar-refractivity contribution >= 4 is 11.4 Å². The Morgan fingerprint density at radius 2 is 2.00 bits per heavy atom. The molecule has 0 aliphatic carbocycles. The van der Waals surface area contributed by atoms with Crippen molar-refractivity contribution in [2.75, 3.05) is 44.3 Å². The molecule has 1 atom stereocenters. The molecule has 2 aliphatic heterocycles. The van der Waals surface area contributed by atoms with E-state index in [0.717, 1.165) is 57.9 Å². The lowest BCUT2D eigenvalue weighted by molar-refractivity contribution is -0.384. The monoisotopic (exact) mass is 291 g/mol. The number of nitro benzene ring substituents is 1. The molecule has 6 heteroatoms. The molecule has 0 radical (unpaired) electrons. The summed E-state index contributed by atoms with van der Waals surface area (Å²) in [5.74, 6) is 0. The predicted octanol–water partition coefficient (Wildman–Crippen LogP) is 1.90. The zero-order valence-electron chi connectivity index (χ0n) is 12.1. The zero-order chi connectivity index (χ0) is 14.7. The van der Waals surface area contributed by atoms with Gasteiger partial charge in [-0.1, -0.05) is 12.1 Å². The van der Waals surface area contributed by atoms with Crippen LogP contribution in [0.3, 0.4) is 0 Å². The minimum atomic E-state index is -0.278. The lowest BCUT2D eigenvalue weighted by Gasteiger charge is -2.33. The van der Waals surface area contributed by atoms with E-state index >= 15 is 0 Å². The molecule has 2 saturated heterocycles. The van der Waals surface area contributed by atoms with Gasteiger partial charge in [-0.2, -0.15) is 0 Å². The highest BCUT2D eigenvalue weighted by atomic mass is 16.6. The lowest BCUT2D eigenvalue weighted by Crippen LogP contribution is -2.45. The second-order valence-electron chi connectivity index (χ2n) is 5.65. The molecule has 114 valence electrons. The third kappa shape index (κ3) is 3.16. The first-order valence-corrected chi connectivity index (χ1v) is 7.56. The molecule has 2 heterocycles. The van der Waals surface area contributed by atoms with Crippen molar-refractivity contribution in [3.8, 4) is 0 Å². The van der Waals surface area contributed by atoms with Gasteiger partial charge in [0, 0.05) is 38.3 Å². The van der Waals surface area contributed by atoms with Crippen molar-refractivity contribution in [3.63, 3.8) is 0 Å². The molecule has 2 fully saturated rings. The van der Waals surface area contributed by atoms with E-state index in [-0.39, 0.29) is 10.6 Å². The number of morpholine rings is 1. The molecule has 3 rings (SSSR count). The van der Waals surface area contributed by atoms with E-state index < -0.39 is 0 Å². The van der Waals surface area contributed by atoms with Crippen LogP contribution < -0.4 is 4.90 Å². The van der Waals surface area contributed by atoms with E-state index in [4.69, 9.17) is 4.74 Å². The number of ether oxygens (including phenoxy) is 1. The first kappa shape index (κ1) is 14.3. The van der Waals surface area contributed by atoms with Gasteiger partial charge in [-0.05, 0) is 18.9 Å². The number of hydrogen-bond donors (Lipinski definition) is 0. The third-order valence-electron chi connectivity index (χ3n) is 4.34. The van der Waals surface area contributed by atoms with Gasteiger partial charge in [0.1, 0.15) is 5.69 Å². The Bertz CT molecular complexity index is 503. The highest BCUT2D eigenvalue weighted by Gasteiger charge is 2.30. The standard InChI is InChI=1S/C15H21N3O3/c19-18(20)15-6-2-1-5-14(15)17-7-3-4-13(17)12-16-8-10-21-11-9-16/h1-2,5-6,13H,3-4,7-12H2. The number of para-hydroxylation sites is 2. The van der Waals surface area contributed by atoms with Crippen molar-refractivity contribution in [2.24, 2.45) is 0 Å². The molecule has 2 aliphatic rings. The fourth-order valence-corrected chi connectivity index (χ4v) is 3.29. The number of rotatable bonds is 4. The van der Waals surface area contributed by atoms with Crippen LogP contribution >= 0.6 is 0 Å². The average Bonchev–Trinajstić information content (AvgIpc) is 2.96. The van der Waals surface area contributed by atoms with Gasteiger partial charge >= 0.3 is 0 Å². The van der Waals surface area contributed by atoms with Gasteiger partial charge in [-0.15, -0.1) is 0 Å². The molecule has 1 aromatic rings. The van der Waals surface area contributed by atoms with Crippen molar-refractivity contribution < 1.29 is 9.66 Å². The summed E-state index contributed by atoms with van der Waals surface area (Å²) >= 11 is 0. The Labute approximate surface area is 124 Å².